The van der Waals surface area contributed by atoms with E-state index in [1.54, 1.807) is 48.5 Å². The van der Waals surface area contributed by atoms with Crippen LogP contribution < -0.4 is 53.2 Å². The number of hydrogen-bond acceptors (Lipinski definition) is 27. The number of esters is 1. The van der Waals surface area contributed by atoms with Crippen LogP contribution in [0.15, 0.2) is 223 Å². The summed E-state index contributed by atoms with van der Waals surface area (Å²) in [5.41, 5.74) is 10.6. The van der Waals surface area contributed by atoms with Gasteiger partial charge in [0.05, 0.1) is 62.5 Å². The molecule has 20 rings (SSSR count). The molecule has 15 aromatic rings. The number of halogens is 1. The molecule has 0 radical (unpaired) electrons. The van der Waals surface area contributed by atoms with Crippen molar-refractivity contribution < 1.29 is 35.1 Å². The van der Waals surface area contributed by atoms with Crippen molar-refractivity contribution in [2.45, 2.75) is 102 Å². The highest BCUT2D eigenvalue weighted by atomic mass is 79.9. The van der Waals surface area contributed by atoms with Crippen LogP contribution in [0.4, 0.5) is 29.1 Å². The molecule has 0 unspecified atom stereocenters. The first-order valence-electron chi connectivity index (χ1n) is 42.5. The minimum absolute atomic E-state index is 0.0321. The number of carbonyl (C=O) groups is 1. The minimum atomic E-state index is -0.321. The van der Waals surface area contributed by atoms with E-state index < -0.39 is 0 Å². The first kappa shape index (κ1) is 85.2. The molecule has 6 atom stereocenters. The Morgan fingerprint density at radius 3 is 1.00 bits per heavy atom. The van der Waals surface area contributed by atoms with E-state index in [1.807, 2.05) is 191 Å². The number of nitrogens with one attached hydrogen (secondary N) is 10. The van der Waals surface area contributed by atoms with Gasteiger partial charge in [0, 0.05) is 94.3 Å². The third-order valence-corrected chi connectivity index (χ3v) is 23.1. The Bertz CT molecular complexity index is 6200. The summed E-state index contributed by atoms with van der Waals surface area (Å²) in [6.07, 6.45) is 7.30. The zero-order valence-corrected chi connectivity index (χ0v) is 71.6. The number of piperidine rings is 2. The number of phenolic OH excluding ortho intramolecular Hbond substituents is 5. The van der Waals surface area contributed by atoms with Gasteiger partial charge in [-0.15, -0.1) is 0 Å². The quantitative estimate of drug-likeness (QED) is 0.0400. The summed E-state index contributed by atoms with van der Waals surface area (Å²) in [5, 5.41) is 90.3. The lowest BCUT2D eigenvalue weighted by Crippen LogP contribution is -2.38. The highest BCUT2D eigenvalue weighted by Gasteiger charge is 2.32. The monoisotopic (exact) mass is 1740 g/mol. The molecule has 0 amide bonds. The number of phenols is 5. The zero-order valence-electron chi connectivity index (χ0n) is 70.0. The van der Waals surface area contributed by atoms with Crippen LogP contribution in [0.3, 0.4) is 0 Å². The Morgan fingerprint density at radius 1 is 0.336 bits per heavy atom. The lowest BCUT2D eigenvalue weighted by Gasteiger charge is -2.25. The Morgan fingerprint density at radius 2 is 0.648 bits per heavy atom. The maximum absolute atomic E-state index is 11.7. The number of aromatic hydroxyl groups is 5. The van der Waals surface area contributed by atoms with Crippen molar-refractivity contribution in [2.75, 3.05) is 92.6 Å². The maximum Gasteiger partial charge on any atom is 0.322 e. The number of hydrogen-bond donors (Lipinski definition) is 15. The molecule has 5 aliphatic rings. The van der Waals surface area contributed by atoms with Gasteiger partial charge in [-0.05, 0) is 219 Å². The summed E-state index contributed by atoms with van der Waals surface area (Å²) in [6.45, 7) is 14.5. The Balaban J connectivity index is 0.000000115. The normalized spacial score (nSPS) is 17.8. The highest BCUT2D eigenvalue weighted by molar-refractivity contribution is 9.10. The van der Waals surface area contributed by atoms with Gasteiger partial charge in [-0.1, -0.05) is 124 Å². The SMILES string of the molecule is COC(=O)[C@@H]1C[C@H](Nc2nc(-c3ccccc3O)nc3ccccc23)CN1.Cc1ccc(O)c(-c2nc(N[C@@H]3CCCNC3)c3ccccc3n2)c1.Cc1ccc(O)c(-c2nc(N[C@@H]3CCCNC3)c3ccccc3n2)c1.Cc1ccc(O)c(-c2nc(N[C@H]3CCNC3)c3ccccc3n2)c1.Oc1ccccc1-c1nc(N[C@H]2CCNC2)c2cc(Br)ccc2n1. The number of rotatable bonds is 16. The molecule has 15 N–H and O–H groups in total. The summed E-state index contributed by atoms with van der Waals surface area (Å²) < 4.78 is 5.80. The van der Waals surface area contributed by atoms with Crippen molar-refractivity contribution in [1.29, 1.82) is 0 Å². The second-order valence-corrected chi connectivity index (χ2v) is 32.8. The fourth-order valence-corrected chi connectivity index (χ4v) is 16.4. The third-order valence-electron chi connectivity index (χ3n) is 22.6. The summed E-state index contributed by atoms with van der Waals surface area (Å²) in [4.78, 5) is 58.6. The molecule has 638 valence electrons. The van der Waals surface area contributed by atoms with E-state index in [-0.39, 0.29) is 46.8 Å². The molecule has 0 saturated carbocycles. The van der Waals surface area contributed by atoms with E-state index in [9.17, 15) is 30.3 Å². The molecule has 10 aromatic carbocycles. The third kappa shape index (κ3) is 21.0. The van der Waals surface area contributed by atoms with Crippen LogP contribution in [0.1, 0.15) is 61.6 Å². The molecule has 27 nitrogen and oxygen atoms in total. The number of anilines is 5. The number of para-hydroxylation sites is 6. The number of nitrogens with zero attached hydrogens (tertiary/aromatic N) is 10. The molecule has 0 spiro atoms. The fraction of sp³-hybridized carbons (Fsp3) is 0.268. The molecule has 125 heavy (non-hydrogen) atoms. The smallest absolute Gasteiger partial charge is 0.322 e. The van der Waals surface area contributed by atoms with Crippen LogP contribution in [0.25, 0.3) is 111 Å². The van der Waals surface area contributed by atoms with E-state index >= 15 is 0 Å². The van der Waals surface area contributed by atoms with E-state index in [0.29, 0.717) is 99.9 Å². The number of benzene rings is 10. The molecule has 0 bridgehead atoms. The predicted molar refractivity (Wildman–Crippen MR) is 500 cm³/mol. The van der Waals surface area contributed by atoms with Gasteiger partial charge in [-0.2, -0.15) is 0 Å². The molecule has 5 aliphatic heterocycles. The van der Waals surface area contributed by atoms with Gasteiger partial charge in [0.1, 0.15) is 63.9 Å². The summed E-state index contributed by atoms with van der Waals surface area (Å²) >= 11 is 3.52. The van der Waals surface area contributed by atoms with Gasteiger partial charge in [-0.3, -0.25) is 4.79 Å². The average molecular weight is 1740 g/mol. The van der Waals surface area contributed by atoms with Crippen LogP contribution >= 0.6 is 15.9 Å². The highest BCUT2D eigenvalue weighted by Crippen LogP contribution is 2.39. The number of carbonyl (C=O) groups excluding carboxylic acids is 1. The number of aryl methyl sites for hydroxylation is 3. The van der Waals surface area contributed by atoms with Crippen LogP contribution in [-0.2, 0) is 9.53 Å². The van der Waals surface area contributed by atoms with Crippen molar-refractivity contribution in [3.05, 3.63) is 240 Å². The molecule has 5 aromatic heterocycles. The molecule has 0 aliphatic carbocycles. The second kappa shape index (κ2) is 39.9. The van der Waals surface area contributed by atoms with E-state index in [0.717, 1.165) is 190 Å². The topological polar surface area (TPSA) is 377 Å². The number of fused-ring (bicyclic) bond motifs is 5. The van der Waals surface area contributed by atoms with Gasteiger partial charge in [0.15, 0.2) is 29.1 Å². The molecule has 5 saturated heterocycles. The number of ether oxygens (including phenoxy) is 1. The second-order valence-electron chi connectivity index (χ2n) is 31.9. The fourth-order valence-electron chi connectivity index (χ4n) is 16.0. The van der Waals surface area contributed by atoms with Gasteiger partial charge in [-0.25, -0.2) is 49.8 Å². The Labute approximate surface area is 732 Å². The van der Waals surface area contributed by atoms with Crippen molar-refractivity contribution >= 4 is 106 Å². The standard InChI is InChI=1S/C20H20N4O3.2C20H22N4O.C19H20N4O.C18H17BrN4O/c1-27-20(26)16-10-12(11-21-16)22-18-13-6-2-4-8-15(13)23-19(24-18)14-7-3-5-9-17(14)25;2*1-13-8-9-18(25)16(11-13)20-23-17-7-3-2-6-15(17)19(24-20)22-14-5-4-10-21-12-14;1-12-6-7-17(24)15(10-12)19-22-16-5-3-2-4-14(16)18(23-19)21-13-8-9-20-11-13;19-11-5-6-15-14(9-11)18(21-12-7-8-20-10-12)23-17(22-15)13-3-1-2-4-16(13)24/h2-9,12,16,21,25H,10-11H2,1H3,(H,22,23,24);2*2-3,6-9,11,14,21,25H,4-5,10,12H2,1H3,(H,22,23,24);2-7,10,13,20,24H,8-9,11H2,1H3,(H,21,22,23);1-6,9,12,20,24H,7-8,10H2,(H,21,22,23)/t12-,16-;2*14-;13-;12-/m01100/s1. The molecule has 5 fully saturated rings. The van der Waals surface area contributed by atoms with Crippen molar-refractivity contribution in [2.24, 2.45) is 0 Å². The van der Waals surface area contributed by atoms with E-state index in [2.05, 4.69) is 99.0 Å². The van der Waals surface area contributed by atoms with Gasteiger partial charge in [0.2, 0.25) is 0 Å². The summed E-state index contributed by atoms with van der Waals surface area (Å²) in [6, 6.07) is 69.4. The molecular weight excluding hydrogens is 1640 g/mol. The van der Waals surface area contributed by atoms with Crippen LogP contribution in [-0.4, -0.2) is 184 Å². The van der Waals surface area contributed by atoms with E-state index in [4.69, 9.17) is 24.7 Å². The largest absolute Gasteiger partial charge is 0.507 e. The van der Waals surface area contributed by atoms with Crippen molar-refractivity contribution in [3.8, 4) is 85.7 Å². The van der Waals surface area contributed by atoms with Crippen molar-refractivity contribution in [3.63, 3.8) is 0 Å². The van der Waals surface area contributed by atoms with Gasteiger partial charge in [0.25, 0.3) is 0 Å². The summed E-state index contributed by atoms with van der Waals surface area (Å²) in [5.74, 6) is 7.22. The average Bonchev–Trinajstić information content (AvgIpc) is 1.22. The van der Waals surface area contributed by atoms with E-state index in [1.165, 1.54) is 7.11 Å². The van der Waals surface area contributed by atoms with Crippen LogP contribution in [0.5, 0.6) is 28.7 Å². The molecule has 28 heteroatoms. The molecular formula is C97H101BrN20O7. The first-order valence-corrected chi connectivity index (χ1v) is 43.2. The molecule has 10 heterocycles. The lowest BCUT2D eigenvalue weighted by molar-refractivity contribution is -0.142. The van der Waals surface area contributed by atoms with Gasteiger partial charge >= 0.3 is 5.97 Å². The first-order chi connectivity index (χ1) is 61.0. The minimum Gasteiger partial charge on any atom is -0.507 e. The van der Waals surface area contributed by atoms with Crippen molar-refractivity contribution in [1.82, 2.24) is 76.4 Å². The Hall–Kier alpha value is -13.4. The summed E-state index contributed by atoms with van der Waals surface area (Å²) in [7, 11) is 1.39. The number of aromatic nitrogens is 10. The predicted octanol–water partition coefficient (Wildman–Crippen LogP) is 15.9. The van der Waals surface area contributed by atoms with Gasteiger partial charge < -0.3 is 83.4 Å². The zero-order chi connectivity index (χ0) is 86.3. The lowest BCUT2D eigenvalue weighted by atomic mass is 10.1. The van der Waals surface area contributed by atoms with Crippen LogP contribution in [0, 0.1) is 20.8 Å². The van der Waals surface area contributed by atoms with Crippen LogP contribution in [0.2, 0.25) is 0 Å². The number of methoxy groups -OCH3 is 1. The maximum atomic E-state index is 11.7. The Kier molecular flexibility index (Phi) is 27.2.